The molecule has 0 radical (unpaired) electrons. The van der Waals surface area contributed by atoms with E-state index in [1.54, 1.807) is 18.2 Å². The van der Waals surface area contributed by atoms with Crippen molar-refractivity contribution in [3.63, 3.8) is 0 Å². The van der Waals surface area contributed by atoms with E-state index in [0.29, 0.717) is 15.4 Å². The Morgan fingerprint density at radius 3 is 2.80 bits per heavy atom. The first-order valence-electron chi connectivity index (χ1n) is 4.12. The average molecular weight is 267 g/mol. The van der Waals surface area contributed by atoms with Crippen LogP contribution in [0.3, 0.4) is 0 Å². The van der Waals surface area contributed by atoms with Crippen LogP contribution in [0, 0.1) is 0 Å². The molecular weight excluding hydrogens is 262 g/mol. The number of hydrogen-bond donors (Lipinski definition) is 1. The highest BCUT2D eigenvalue weighted by Gasteiger charge is 2.06. The van der Waals surface area contributed by atoms with Crippen LogP contribution in [0.2, 0.25) is 0 Å². The first-order valence-corrected chi connectivity index (χ1v) is 4.92. The quantitative estimate of drug-likeness (QED) is 0.824. The Morgan fingerprint density at radius 1 is 1.40 bits per heavy atom. The van der Waals surface area contributed by atoms with Crippen LogP contribution < -0.4 is 10.5 Å². The van der Waals surface area contributed by atoms with E-state index in [-0.39, 0.29) is 5.56 Å². The highest BCUT2D eigenvalue weighted by Crippen LogP contribution is 2.19. The molecule has 0 fully saturated rings. The molecule has 0 bridgehead atoms. The maximum atomic E-state index is 11.7. The van der Waals surface area contributed by atoms with E-state index in [2.05, 4.69) is 20.9 Å². The SMILES string of the molecule is O=C([O-])c1c[nH]c2c(Br)cccc2c1=O. The van der Waals surface area contributed by atoms with Crippen molar-refractivity contribution in [1.29, 1.82) is 0 Å². The molecule has 0 saturated heterocycles. The van der Waals surface area contributed by atoms with Crippen molar-refractivity contribution in [3.05, 3.63) is 44.7 Å². The summed E-state index contributed by atoms with van der Waals surface area (Å²) in [6, 6.07) is 4.99. The fourth-order valence-corrected chi connectivity index (χ4v) is 1.85. The van der Waals surface area contributed by atoms with E-state index in [1.807, 2.05) is 0 Å². The van der Waals surface area contributed by atoms with Gasteiger partial charge in [0.1, 0.15) is 0 Å². The largest absolute Gasteiger partial charge is 0.545 e. The van der Waals surface area contributed by atoms with Gasteiger partial charge in [0.2, 0.25) is 0 Å². The minimum atomic E-state index is -1.47. The summed E-state index contributed by atoms with van der Waals surface area (Å²) in [5, 5.41) is 10.9. The Labute approximate surface area is 92.7 Å². The first-order chi connectivity index (χ1) is 7.11. The van der Waals surface area contributed by atoms with Crippen LogP contribution in [-0.4, -0.2) is 11.0 Å². The van der Waals surface area contributed by atoms with Gasteiger partial charge in [-0.25, -0.2) is 0 Å². The minimum Gasteiger partial charge on any atom is -0.545 e. The summed E-state index contributed by atoms with van der Waals surface area (Å²) in [5.41, 5.74) is -0.321. The van der Waals surface area contributed by atoms with E-state index in [0.717, 1.165) is 6.20 Å². The zero-order valence-electron chi connectivity index (χ0n) is 7.41. The zero-order valence-corrected chi connectivity index (χ0v) is 9.00. The molecule has 5 heteroatoms. The Bertz CT molecular complexity index is 603. The predicted molar refractivity (Wildman–Crippen MR) is 56.6 cm³/mol. The fourth-order valence-electron chi connectivity index (χ4n) is 1.37. The van der Waals surface area contributed by atoms with Crippen molar-refractivity contribution in [1.82, 2.24) is 4.98 Å². The third-order valence-corrected chi connectivity index (χ3v) is 2.74. The molecule has 0 amide bonds. The minimum absolute atomic E-state index is 0.325. The molecule has 0 aliphatic rings. The van der Waals surface area contributed by atoms with Gasteiger partial charge in [-0.15, -0.1) is 0 Å². The van der Waals surface area contributed by atoms with Gasteiger partial charge in [-0.1, -0.05) is 6.07 Å². The number of carboxylic acids is 1. The van der Waals surface area contributed by atoms with Gasteiger partial charge in [0.25, 0.3) is 0 Å². The van der Waals surface area contributed by atoms with Crippen molar-refractivity contribution in [2.75, 3.05) is 0 Å². The molecule has 0 unspecified atom stereocenters. The van der Waals surface area contributed by atoms with Crippen LogP contribution in [0.1, 0.15) is 10.4 Å². The molecule has 76 valence electrons. The molecule has 0 saturated carbocycles. The zero-order chi connectivity index (χ0) is 11.0. The summed E-state index contributed by atoms with van der Waals surface area (Å²) in [4.78, 5) is 25.0. The van der Waals surface area contributed by atoms with E-state index in [1.165, 1.54) is 0 Å². The Hall–Kier alpha value is -1.62. The molecule has 2 aromatic rings. The van der Waals surface area contributed by atoms with Gasteiger partial charge >= 0.3 is 0 Å². The summed E-state index contributed by atoms with van der Waals surface area (Å²) in [7, 11) is 0. The molecule has 15 heavy (non-hydrogen) atoms. The third-order valence-electron chi connectivity index (χ3n) is 2.08. The van der Waals surface area contributed by atoms with E-state index < -0.39 is 11.4 Å². The molecule has 0 atom stereocenters. The smallest absolute Gasteiger partial charge is 0.198 e. The van der Waals surface area contributed by atoms with Crippen LogP contribution in [0.4, 0.5) is 0 Å². The van der Waals surface area contributed by atoms with Gasteiger partial charge in [0, 0.05) is 16.1 Å². The number of carbonyl (C=O) groups excluding carboxylic acids is 1. The number of H-pyrrole nitrogens is 1. The second-order valence-electron chi connectivity index (χ2n) is 2.98. The van der Waals surface area contributed by atoms with Crippen molar-refractivity contribution < 1.29 is 9.90 Å². The van der Waals surface area contributed by atoms with Gasteiger partial charge < -0.3 is 14.9 Å². The number of para-hydroxylation sites is 1. The lowest BCUT2D eigenvalue weighted by Gasteiger charge is -2.04. The third kappa shape index (κ3) is 1.55. The number of carbonyl (C=O) groups is 1. The van der Waals surface area contributed by atoms with Crippen LogP contribution >= 0.6 is 15.9 Å². The number of fused-ring (bicyclic) bond motifs is 1. The standard InChI is InChI=1S/C10H6BrNO3/c11-7-3-1-2-5-8(7)12-4-6(9(5)13)10(14)15/h1-4H,(H,12,13)(H,14,15)/p-1. The summed E-state index contributed by atoms with van der Waals surface area (Å²) in [5.74, 6) is -1.47. The number of aromatic carboxylic acids is 1. The molecule has 1 aromatic carbocycles. The van der Waals surface area contributed by atoms with E-state index in [9.17, 15) is 14.7 Å². The maximum Gasteiger partial charge on any atom is 0.198 e. The van der Waals surface area contributed by atoms with Crippen molar-refractivity contribution in [2.24, 2.45) is 0 Å². The Kier molecular flexibility index (Phi) is 2.32. The van der Waals surface area contributed by atoms with Crippen LogP contribution in [0.15, 0.2) is 33.7 Å². The number of aromatic amines is 1. The second-order valence-corrected chi connectivity index (χ2v) is 3.84. The molecule has 1 heterocycles. The number of pyridine rings is 1. The van der Waals surface area contributed by atoms with Gasteiger partial charge in [-0.3, -0.25) is 4.79 Å². The molecule has 1 aromatic heterocycles. The molecule has 0 spiro atoms. The van der Waals surface area contributed by atoms with Crippen LogP contribution in [0.5, 0.6) is 0 Å². The number of carboxylic acid groups (broad SMARTS) is 1. The highest BCUT2D eigenvalue weighted by atomic mass is 79.9. The van der Waals surface area contributed by atoms with Crippen molar-refractivity contribution >= 4 is 32.8 Å². The molecule has 0 aliphatic carbocycles. The topological polar surface area (TPSA) is 73.0 Å². The summed E-state index contributed by atoms with van der Waals surface area (Å²) in [6.07, 6.45) is 1.14. The number of rotatable bonds is 1. The van der Waals surface area contributed by atoms with E-state index >= 15 is 0 Å². The number of benzene rings is 1. The van der Waals surface area contributed by atoms with Crippen molar-refractivity contribution in [3.8, 4) is 0 Å². The molecule has 0 aliphatic heterocycles. The predicted octanol–water partition coefficient (Wildman–Crippen LogP) is 0.654. The normalized spacial score (nSPS) is 10.5. The summed E-state index contributed by atoms with van der Waals surface area (Å²) < 4.78 is 0.710. The lowest BCUT2D eigenvalue weighted by Crippen LogP contribution is -2.29. The molecular formula is C10H5BrNO3-. The number of aromatic nitrogens is 1. The number of halogens is 1. The average Bonchev–Trinajstić information content (AvgIpc) is 2.19. The Morgan fingerprint density at radius 2 is 2.13 bits per heavy atom. The monoisotopic (exact) mass is 266 g/mol. The summed E-state index contributed by atoms with van der Waals surface area (Å²) in [6.45, 7) is 0. The lowest BCUT2D eigenvalue weighted by molar-refractivity contribution is -0.255. The van der Waals surface area contributed by atoms with Gasteiger partial charge in [0.15, 0.2) is 5.43 Å². The molecule has 1 N–H and O–H groups in total. The number of hydrogen-bond acceptors (Lipinski definition) is 3. The first kappa shape index (κ1) is 9.92. The maximum absolute atomic E-state index is 11.7. The Balaban J connectivity index is 2.92. The summed E-state index contributed by atoms with van der Waals surface area (Å²) >= 11 is 3.26. The molecule has 2 rings (SSSR count). The van der Waals surface area contributed by atoms with Gasteiger partial charge in [-0.2, -0.15) is 0 Å². The van der Waals surface area contributed by atoms with Crippen molar-refractivity contribution in [2.45, 2.75) is 0 Å². The highest BCUT2D eigenvalue weighted by molar-refractivity contribution is 9.10. The van der Waals surface area contributed by atoms with Gasteiger partial charge in [-0.05, 0) is 28.1 Å². The fraction of sp³-hybridized carbons (Fsp3) is 0. The van der Waals surface area contributed by atoms with Crippen LogP contribution in [0.25, 0.3) is 10.9 Å². The van der Waals surface area contributed by atoms with E-state index in [4.69, 9.17) is 0 Å². The van der Waals surface area contributed by atoms with Crippen LogP contribution in [-0.2, 0) is 0 Å². The lowest BCUT2D eigenvalue weighted by atomic mass is 10.1. The number of nitrogens with one attached hydrogen (secondary N) is 1. The second kappa shape index (κ2) is 3.51. The molecule has 4 nitrogen and oxygen atoms in total. The van der Waals surface area contributed by atoms with Gasteiger partial charge in [0.05, 0.1) is 17.0 Å².